The third-order valence-corrected chi connectivity index (χ3v) is 3.01. The van der Waals surface area contributed by atoms with Crippen LogP contribution in [-0.2, 0) is 14.3 Å². The van der Waals surface area contributed by atoms with Crippen molar-refractivity contribution in [2.24, 2.45) is 5.73 Å². The molecule has 7 heteroatoms. The second kappa shape index (κ2) is 7.25. The number of esters is 1. The standard InChI is InChI=1S/C13H17BrN2O4/c1-4-20-13(18)10(15)12(17)16-11-7(2)5-8(14)6-9(11)19-3/h5-6,10H,4,15H2,1-3H3,(H,16,17). The van der Waals surface area contributed by atoms with Crippen molar-refractivity contribution in [2.75, 3.05) is 19.0 Å². The Morgan fingerprint density at radius 1 is 1.45 bits per heavy atom. The Morgan fingerprint density at radius 3 is 2.65 bits per heavy atom. The molecule has 0 aliphatic carbocycles. The van der Waals surface area contributed by atoms with Crippen LogP contribution in [0.1, 0.15) is 12.5 Å². The van der Waals surface area contributed by atoms with E-state index in [9.17, 15) is 9.59 Å². The maximum absolute atomic E-state index is 11.9. The Morgan fingerprint density at radius 2 is 2.10 bits per heavy atom. The van der Waals surface area contributed by atoms with E-state index >= 15 is 0 Å². The van der Waals surface area contributed by atoms with Gasteiger partial charge in [-0.3, -0.25) is 4.79 Å². The van der Waals surface area contributed by atoms with Gasteiger partial charge in [0.25, 0.3) is 5.91 Å². The first kappa shape index (κ1) is 16.5. The van der Waals surface area contributed by atoms with E-state index in [-0.39, 0.29) is 6.61 Å². The topological polar surface area (TPSA) is 90.7 Å². The number of benzene rings is 1. The number of amides is 1. The summed E-state index contributed by atoms with van der Waals surface area (Å²) in [4.78, 5) is 23.4. The first-order valence-electron chi connectivity index (χ1n) is 5.97. The minimum Gasteiger partial charge on any atom is -0.495 e. The summed E-state index contributed by atoms with van der Waals surface area (Å²) in [7, 11) is 1.49. The van der Waals surface area contributed by atoms with Crippen LogP contribution in [-0.4, -0.2) is 31.6 Å². The number of nitrogens with one attached hydrogen (secondary N) is 1. The molecule has 110 valence electrons. The number of methoxy groups -OCH3 is 1. The number of rotatable bonds is 5. The number of halogens is 1. The second-order valence-electron chi connectivity index (χ2n) is 4.02. The molecule has 0 bridgehead atoms. The molecule has 0 aliphatic heterocycles. The smallest absolute Gasteiger partial charge is 0.332 e. The normalized spacial score (nSPS) is 11.7. The zero-order chi connectivity index (χ0) is 15.3. The molecule has 1 unspecified atom stereocenters. The third kappa shape index (κ3) is 3.94. The molecule has 0 saturated heterocycles. The fourth-order valence-electron chi connectivity index (χ4n) is 1.57. The molecule has 0 heterocycles. The lowest BCUT2D eigenvalue weighted by atomic mass is 10.1. The fourth-order valence-corrected chi connectivity index (χ4v) is 2.12. The van der Waals surface area contributed by atoms with Crippen molar-refractivity contribution in [3.8, 4) is 5.75 Å². The second-order valence-corrected chi connectivity index (χ2v) is 4.93. The molecule has 1 aromatic rings. The summed E-state index contributed by atoms with van der Waals surface area (Å²) >= 11 is 3.34. The van der Waals surface area contributed by atoms with Gasteiger partial charge in [0, 0.05) is 4.47 Å². The molecule has 1 aromatic carbocycles. The molecule has 1 rings (SSSR count). The van der Waals surface area contributed by atoms with E-state index in [1.54, 1.807) is 19.9 Å². The maximum atomic E-state index is 11.9. The van der Waals surface area contributed by atoms with Crippen molar-refractivity contribution in [1.82, 2.24) is 0 Å². The molecular formula is C13H17BrN2O4. The number of nitrogens with two attached hydrogens (primary N) is 1. The average Bonchev–Trinajstić information content (AvgIpc) is 2.40. The summed E-state index contributed by atoms with van der Waals surface area (Å²) in [5.41, 5.74) is 6.78. The number of carbonyl (C=O) groups excluding carboxylic acids is 2. The van der Waals surface area contributed by atoms with Crippen molar-refractivity contribution in [1.29, 1.82) is 0 Å². The predicted octanol–water partition coefficient (Wildman–Crippen LogP) is 1.60. The molecule has 0 aromatic heterocycles. The predicted molar refractivity (Wildman–Crippen MR) is 78.7 cm³/mol. The van der Waals surface area contributed by atoms with E-state index in [0.717, 1.165) is 10.0 Å². The number of hydrogen-bond acceptors (Lipinski definition) is 5. The van der Waals surface area contributed by atoms with Gasteiger partial charge in [-0.25, -0.2) is 4.79 Å². The van der Waals surface area contributed by atoms with Crippen LogP contribution in [0.15, 0.2) is 16.6 Å². The summed E-state index contributed by atoms with van der Waals surface area (Å²) in [6.07, 6.45) is 0. The van der Waals surface area contributed by atoms with Crippen LogP contribution < -0.4 is 15.8 Å². The van der Waals surface area contributed by atoms with Crippen LogP contribution in [0.2, 0.25) is 0 Å². The van der Waals surface area contributed by atoms with Gasteiger partial charge in [0.1, 0.15) is 5.75 Å². The van der Waals surface area contributed by atoms with E-state index < -0.39 is 17.9 Å². The lowest BCUT2D eigenvalue weighted by Crippen LogP contribution is -2.43. The molecule has 0 spiro atoms. The SMILES string of the molecule is CCOC(=O)C(N)C(=O)Nc1c(C)cc(Br)cc1OC. The number of aryl methyl sites for hydroxylation is 1. The van der Waals surface area contributed by atoms with Gasteiger partial charge < -0.3 is 20.5 Å². The van der Waals surface area contributed by atoms with Gasteiger partial charge in [-0.2, -0.15) is 0 Å². The Balaban J connectivity index is 2.93. The molecule has 6 nitrogen and oxygen atoms in total. The highest BCUT2D eigenvalue weighted by Crippen LogP contribution is 2.32. The molecule has 1 amide bonds. The van der Waals surface area contributed by atoms with Gasteiger partial charge >= 0.3 is 5.97 Å². The Hall–Kier alpha value is -1.60. The Kier molecular flexibility index (Phi) is 5.97. The molecule has 20 heavy (non-hydrogen) atoms. The van der Waals surface area contributed by atoms with Gasteiger partial charge in [0.2, 0.25) is 0 Å². The highest BCUT2D eigenvalue weighted by atomic mass is 79.9. The van der Waals surface area contributed by atoms with Crippen LogP contribution in [0.5, 0.6) is 5.75 Å². The third-order valence-electron chi connectivity index (χ3n) is 2.56. The van der Waals surface area contributed by atoms with E-state index in [1.807, 2.05) is 6.07 Å². The van der Waals surface area contributed by atoms with Crippen molar-refractivity contribution in [2.45, 2.75) is 19.9 Å². The Bertz CT molecular complexity index is 519. The van der Waals surface area contributed by atoms with Gasteiger partial charge in [0.15, 0.2) is 6.04 Å². The van der Waals surface area contributed by atoms with E-state index in [2.05, 4.69) is 21.2 Å². The average molecular weight is 345 g/mol. The summed E-state index contributed by atoms with van der Waals surface area (Å²) in [6.45, 7) is 3.61. The Labute approximate surface area is 125 Å². The van der Waals surface area contributed by atoms with Crippen LogP contribution in [0.25, 0.3) is 0 Å². The van der Waals surface area contributed by atoms with E-state index in [4.69, 9.17) is 15.2 Å². The van der Waals surface area contributed by atoms with Crippen molar-refractivity contribution in [3.05, 3.63) is 22.2 Å². The van der Waals surface area contributed by atoms with Gasteiger partial charge in [0.05, 0.1) is 19.4 Å². The monoisotopic (exact) mass is 344 g/mol. The van der Waals surface area contributed by atoms with E-state index in [1.165, 1.54) is 7.11 Å². The van der Waals surface area contributed by atoms with Crippen LogP contribution >= 0.6 is 15.9 Å². The minimum atomic E-state index is -1.37. The summed E-state index contributed by atoms with van der Waals surface area (Å²) in [5, 5.41) is 2.59. The lowest BCUT2D eigenvalue weighted by Gasteiger charge is -2.16. The number of ether oxygens (including phenoxy) is 2. The van der Waals surface area contributed by atoms with Crippen molar-refractivity contribution < 1.29 is 19.1 Å². The summed E-state index contributed by atoms with van der Waals surface area (Å²) in [6, 6.07) is 2.15. The molecule has 1 atom stereocenters. The van der Waals surface area contributed by atoms with Gasteiger partial charge in [-0.05, 0) is 31.5 Å². The first-order chi connectivity index (χ1) is 9.40. The van der Waals surface area contributed by atoms with Crippen molar-refractivity contribution >= 4 is 33.5 Å². The zero-order valence-electron chi connectivity index (χ0n) is 11.5. The molecule has 3 N–H and O–H groups in total. The highest BCUT2D eigenvalue weighted by Gasteiger charge is 2.24. The van der Waals surface area contributed by atoms with Crippen LogP contribution in [0.3, 0.4) is 0 Å². The number of hydrogen-bond donors (Lipinski definition) is 2. The van der Waals surface area contributed by atoms with Crippen molar-refractivity contribution in [3.63, 3.8) is 0 Å². The molecular weight excluding hydrogens is 328 g/mol. The van der Waals surface area contributed by atoms with Gasteiger partial charge in [-0.1, -0.05) is 15.9 Å². The first-order valence-corrected chi connectivity index (χ1v) is 6.77. The van der Waals surface area contributed by atoms with Crippen LogP contribution in [0, 0.1) is 6.92 Å². The largest absolute Gasteiger partial charge is 0.495 e. The lowest BCUT2D eigenvalue weighted by molar-refractivity contribution is -0.146. The molecule has 0 radical (unpaired) electrons. The minimum absolute atomic E-state index is 0.167. The van der Waals surface area contributed by atoms with E-state index in [0.29, 0.717) is 11.4 Å². The van der Waals surface area contributed by atoms with Crippen LogP contribution in [0.4, 0.5) is 5.69 Å². The maximum Gasteiger partial charge on any atom is 0.332 e. The molecule has 0 fully saturated rings. The zero-order valence-corrected chi connectivity index (χ0v) is 13.1. The summed E-state index contributed by atoms with van der Waals surface area (Å²) in [5.74, 6) is -0.938. The van der Waals surface area contributed by atoms with Gasteiger partial charge in [-0.15, -0.1) is 0 Å². The highest BCUT2D eigenvalue weighted by molar-refractivity contribution is 9.10. The quantitative estimate of drug-likeness (QED) is 0.625. The molecule has 0 saturated carbocycles. The fraction of sp³-hybridized carbons (Fsp3) is 0.385. The number of carbonyl (C=O) groups is 2. The molecule has 0 aliphatic rings. The number of anilines is 1. The summed E-state index contributed by atoms with van der Waals surface area (Å²) < 4.78 is 10.7.